The molecule has 0 N–H and O–H groups in total. The number of alkyl halides is 1. The minimum atomic E-state index is 0.188. The lowest BCUT2D eigenvalue weighted by molar-refractivity contribution is 0.470. The minimum Gasteiger partial charge on any atom is -0.369 e. The van der Waals surface area contributed by atoms with Crippen molar-refractivity contribution in [3.63, 3.8) is 0 Å². The first-order valence-corrected chi connectivity index (χ1v) is 6.35. The number of nitrogens with zero attached hydrogens (tertiary/aromatic N) is 1. The smallest absolute Gasteiger partial charge is 0.0474 e. The average Bonchev–Trinajstić information content (AvgIpc) is 2.28. The molecular formula is C14H22ClN. The molecule has 1 rings (SSSR count). The highest BCUT2D eigenvalue weighted by Gasteiger charge is 2.22. The van der Waals surface area contributed by atoms with E-state index in [0.717, 1.165) is 6.42 Å². The molecule has 1 nitrogen and oxygen atoms in total. The molecule has 0 saturated heterocycles. The molecule has 1 aromatic rings. The van der Waals surface area contributed by atoms with E-state index in [-0.39, 0.29) is 5.54 Å². The number of benzene rings is 1. The third-order valence-electron chi connectivity index (χ3n) is 3.55. The molecule has 0 heterocycles. The predicted molar refractivity (Wildman–Crippen MR) is 73.5 cm³/mol. The average molecular weight is 240 g/mol. The van der Waals surface area contributed by atoms with Crippen molar-refractivity contribution in [3.8, 4) is 0 Å². The first-order chi connectivity index (χ1) is 7.42. The van der Waals surface area contributed by atoms with E-state index in [9.17, 15) is 0 Å². The zero-order valence-electron chi connectivity index (χ0n) is 11.0. The van der Waals surface area contributed by atoms with Gasteiger partial charge in [0.1, 0.15) is 0 Å². The number of rotatable bonds is 4. The Bertz CT molecular complexity index is 358. The van der Waals surface area contributed by atoms with Crippen molar-refractivity contribution in [2.45, 2.75) is 45.5 Å². The number of anilines is 1. The Morgan fingerprint density at radius 3 is 2.38 bits per heavy atom. The van der Waals surface area contributed by atoms with Crippen molar-refractivity contribution in [1.29, 1.82) is 0 Å². The number of aryl methyl sites for hydroxylation is 1. The summed E-state index contributed by atoms with van der Waals surface area (Å²) in [5.41, 5.74) is 3.96. The zero-order chi connectivity index (χ0) is 12.3. The van der Waals surface area contributed by atoms with Crippen LogP contribution >= 0.6 is 11.6 Å². The fourth-order valence-electron chi connectivity index (χ4n) is 1.74. The summed E-state index contributed by atoms with van der Waals surface area (Å²) in [5, 5.41) is 0. The van der Waals surface area contributed by atoms with Gasteiger partial charge in [-0.3, -0.25) is 0 Å². The van der Waals surface area contributed by atoms with Crippen molar-refractivity contribution >= 4 is 17.3 Å². The second kappa shape index (κ2) is 5.09. The van der Waals surface area contributed by atoms with Crippen molar-refractivity contribution < 1.29 is 0 Å². The third-order valence-corrected chi connectivity index (χ3v) is 3.86. The van der Waals surface area contributed by atoms with Crippen LogP contribution in [0.5, 0.6) is 0 Å². The van der Waals surface area contributed by atoms with Crippen LogP contribution in [0, 0.1) is 6.92 Å². The van der Waals surface area contributed by atoms with Gasteiger partial charge in [0.2, 0.25) is 0 Å². The molecule has 0 radical (unpaired) electrons. The quantitative estimate of drug-likeness (QED) is 0.706. The first-order valence-electron chi connectivity index (χ1n) is 5.81. The second-order valence-electron chi connectivity index (χ2n) is 4.98. The monoisotopic (exact) mass is 239 g/mol. The Balaban J connectivity index is 3.05. The van der Waals surface area contributed by atoms with Crippen LogP contribution in [-0.4, -0.2) is 12.6 Å². The van der Waals surface area contributed by atoms with E-state index in [2.05, 4.69) is 57.8 Å². The largest absolute Gasteiger partial charge is 0.369 e. The van der Waals surface area contributed by atoms with E-state index >= 15 is 0 Å². The number of hydrogen-bond acceptors (Lipinski definition) is 1. The Morgan fingerprint density at radius 2 is 1.94 bits per heavy atom. The highest BCUT2D eigenvalue weighted by Crippen LogP contribution is 2.28. The molecule has 1 aromatic carbocycles. The minimum absolute atomic E-state index is 0.188. The van der Waals surface area contributed by atoms with Crippen LogP contribution in [-0.2, 0) is 5.88 Å². The lowest BCUT2D eigenvalue weighted by Crippen LogP contribution is -2.40. The van der Waals surface area contributed by atoms with Crippen molar-refractivity contribution in [2.75, 3.05) is 11.9 Å². The Morgan fingerprint density at radius 1 is 1.31 bits per heavy atom. The third kappa shape index (κ3) is 2.70. The van der Waals surface area contributed by atoms with Gasteiger partial charge in [0.15, 0.2) is 0 Å². The maximum absolute atomic E-state index is 5.83. The molecule has 90 valence electrons. The molecule has 0 saturated carbocycles. The van der Waals surface area contributed by atoms with Crippen LogP contribution in [0.4, 0.5) is 5.69 Å². The Kier molecular flexibility index (Phi) is 4.26. The van der Waals surface area contributed by atoms with Crippen molar-refractivity contribution in [3.05, 3.63) is 29.3 Å². The molecule has 2 heteroatoms. The molecular weight excluding hydrogens is 218 g/mol. The standard InChI is InChI=1S/C14H22ClN/c1-6-14(3,4)16(5)13-8-7-12(10-15)9-11(13)2/h7-9H,6,10H2,1-5H3. The molecule has 0 aliphatic carbocycles. The van der Waals surface area contributed by atoms with E-state index in [1.54, 1.807) is 0 Å². The van der Waals surface area contributed by atoms with Crippen LogP contribution in [0.3, 0.4) is 0 Å². The van der Waals surface area contributed by atoms with Gasteiger partial charge in [-0.25, -0.2) is 0 Å². The lowest BCUT2D eigenvalue weighted by Gasteiger charge is -2.37. The highest BCUT2D eigenvalue weighted by molar-refractivity contribution is 6.17. The summed E-state index contributed by atoms with van der Waals surface area (Å²) in [6, 6.07) is 6.45. The number of halogens is 1. The number of hydrogen-bond donors (Lipinski definition) is 0. The molecule has 0 unspecified atom stereocenters. The van der Waals surface area contributed by atoms with Gasteiger partial charge in [-0.2, -0.15) is 0 Å². The van der Waals surface area contributed by atoms with Gasteiger partial charge in [0, 0.05) is 24.2 Å². The summed E-state index contributed by atoms with van der Waals surface area (Å²) in [6.45, 7) is 8.90. The fraction of sp³-hybridized carbons (Fsp3) is 0.571. The molecule has 16 heavy (non-hydrogen) atoms. The van der Waals surface area contributed by atoms with Crippen molar-refractivity contribution in [2.24, 2.45) is 0 Å². The topological polar surface area (TPSA) is 3.24 Å². The maximum atomic E-state index is 5.83. The molecule has 0 aliphatic heterocycles. The van der Waals surface area contributed by atoms with E-state index in [4.69, 9.17) is 11.6 Å². The summed E-state index contributed by atoms with van der Waals surface area (Å²) in [7, 11) is 2.16. The van der Waals surface area contributed by atoms with Gasteiger partial charge < -0.3 is 4.90 Å². The molecule has 0 bridgehead atoms. The summed E-state index contributed by atoms with van der Waals surface area (Å²) >= 11 is 5.83. The van der Waals surface area contributed by atoms with Crippen molar-refractivity contribution in [1.82, 2.24) is 0 Å². The zero-order valence-corrected chi connectivity index (χ0v) is 11.7. The van der Waals surface area contributed by atoms with Gasteiger partial charge in [0.05, 0.1) is 0 Å². The first kappa shape index (κ1) is 13.4. The summed E-state index contributed by atoms with van der Waals surface area (Å²) in [4.78, 5) is 2.35. The summed E-state index contributed by atoms with van der Waals surface area (Å²) in [5.74, 6) is 0.585. The van der Waals surface area contributed by atoms with E-state index in [0.29, 0.717) is 5.88 Å². The predicted octanol–water partition coefficient (Wildman–Crippen LogP) is 4.36. The fourth-order valence-corrected chi connectivity index (χ4v) is 1.91. The summed E-state index contributed by atoms with van der Waals surface area (Å²) in [6.07, 6.45) is 1.13. The van der Waals surface area contributed by atoms with Gasteiger partial charge in [0.25, 0.3) is 0 Å². The van der Waals surface area contributed by atoms with Crippen LogP contribution in [0.1, 0.15) is 38.3 Å². The van der Waals surface area contributed by atoms with E-state index in [1.807, 2.05) is 0 Å². The molecule has 0 aromatic heterocycles. The SMILES string of the molecule is CCC(C)(C)N(C)c1ccc(CCl)cc1C. The Hall–Kier alpha value is -0.690. The Labute approximate surface area is 104 Å². The van der Waals surface area contributed by atoms with Gasteiger partial charge in [-0.15, -0.1) is 11.6 Å². The van der Waals surface area contributed by atoms with Gasteiger partial charge in [-0.05, 0) is 44.4 Å². The molecule has 0 amide bonds. The van der Waals surface area contributed by atoms with Crippen LogP contribution in [0.15, 0.2) is 18.2 Å². The molecule has 0 spiro atoms. The molecule has 0 atom stereocenters. The maximum Gasteiger partial charge on any atom is 0.0474 e. The van der Waals surface area contributed by atoms with E-state index < -0.39 is 0 Å². The van der Waals surface area contributed by atoms with Gasteiger partial charge >= 0.3 is 0 Å². The lowest BCUT2D eigenvalue weighted by atomic mass is 9.97. The van der Waals surface area contributed by atoms with Gasteiger partial charge in [-0.1, -0.05) is 19.1 Å². The molecule has 0 aliphatic rings. The summed E-state index contributed by atoms with van der Waals surface area (Å²) < 4.78 is 0. The second-order valence-corrected chi connectivity index (χ2v) is 5.25. The van der Waals surface area contributed by atoms with Crippen LogP contribution in [0.2, 0.25) is 0 Å². The molecule has 0 fully saturated rings. The highest BCUT2D eigenvalue weighted by atomic mass is 35.5. The van der Waals surface area contributed by atoms with Crippen LogP contribution < -0.4 is 4.90 Å². The normalized spacial score (nSPS) is 11.6. The van der Waals surface area contributed by atoms with E-state index in [1.165, 1.54) is 16.8 Å². The van der Waals surface area contributed by atoms with Crippen LogP contribution in [0.25, 0.3) is 0 Å².